The highest BCUT2D eigenvalue weighted by Gasteiger charge is 2.41. The third kappa shape index (κ3) is 3.34. The fourth-order valence-corrected chi connectivity index (χ4v) is 2.57. The fraction of sp³-hybridized carbons (Fsp3) is 0.222. The van der Waals surface area contributed by atoms with Gasteiger partial charge in [0, 0.05) is 0 Å². The third-order valence-corrected chi connectivity index (χ3v) is 3.94. The van der Waals surface area contributed by atoms with Gasteiger partial charge in [0.05, 0.1) is 23.9 Å². The lowest BCUT2D eigenvalue weighted by atomic mass is 10.1. The first-order valence-electron chi connectivity index (χ1n) is 7.91. The Balaban J connectivity index is 1.54. The summed E-state index contributed by atoms with van der Waals surface area (Å²) in [5, 5.41) is 2.52. The zero-order valence-corrected chi connectivity index (χ0v) is 13.9. The lowest BCUT2D eigenvalue weighted by Gasteiger charge is -2.20. The molecule has 0 bridgehead atoms. The Morgan fingerprint density at radius 1 is 1.12 bits per heavy atom. The highest BCUT2D eigenvalue weighted by molar-refractivity contribution is 6.22. The average molecular weight is 356 g/mol. The van der Waals surface area contributed by atoms with E-state index in [9.17, 15) is 19.2 Å². The van der Waals surface area contributed by atoms with Crippen LogP contribution < -0.4 is 5.32 Å². The van der Waals surface area contributed by atoms with Gasteiger partial charge in [-0.25, -0.2) is 4.79 Å². The maximum absolute atomic E-state index is 12.3. The molecule has 0 fully saturated rings. The van der Waals surface area contributed by atoms with E-state index in [1.165, 1.54) is 25.3 Å². The summed E-state index contributed by atoms with van der Waals surface area (Å²) in [7, 11) is 0. The van der Waals surface area contributed by atoms with Crippen LogP contribution in [0.25, 0.3) is 0 Å². The predicted molar refractivity (Wildman–Crippen MR) is 87.9 cm³/mol. The molecule has 1 aliphatic rings. The van der Waals surface area contributed by atoms with Crippen LogP contribution in [0.2, 0.25) is 0 Å². The topological polar surface area (TPSA) is 106 Å². The molecular weight excluding hydrogens is 340 g/mol. The van der Waals surface area contributed by atoms with Crippen LogP contribution in [-0.2, 0) is 20.9 Å². The molecule has 3 rings (SSSR count). The second-order valence-corrected chi connectivity index (χ2v) is 5.67. The minimum absolute atomic E-state index is 0.164. The van der Waals surface area contributed by atoms with E-state index in [4.69, 9.17) is 9.15 Å². The highest BCUT2D eigenvalue weighted by Crippen LogP contribution is 2.24. The molecular formula is C18H16N2O6. The Bertz CT molecular complexity index is 823. The van der Waals surface area contributed by atoms with Crippen molar-refractivity contribution in [3.63, 3.8) is 0 Å². The summed E-state index contributed by atoms with van der Waals surface area (Å²) < 4.78 is 9.98. The molecule has 1 atom stereocenters. The monoisotopic (exact) mass is 356 g/mol. The van der Waals surface area contributed by atoms with Crippen molar-refractivity contribution < 1.29 is 28.3 Å². The second kappa shape index (κ2) is 7.22. The number of imide groups is 1. The Hall–Kier alpha value is -3.42. The number of amides is 3. The molecule has 1 aliphatic heterocycles. The van der Waals surface area contributed by atoms with Gasteiger partial charge in [-0.3, -0.25) is 19.3 Å². The summed E-state index contributed by atoms with van der Waals surface area (Å²) in [5.41, 5.74) is 0.488. The van der Waals surface area contributed by atoms with Crippen molar-refractivity contribution in [1.29, 1.82) is 0 Å². The SMILES string of the molecule is C[C@@H](C(=O)OCC(=O)NCc1ccco1)N1C(=O)c2ccccc2C1=O. The number of hydrogen-bond donors (Lipinski definition) is 1. The molecule has 8 nitrogen and oxygen atoms in total. The van der Waals surface area contributed by atoms with E-state index in [0.29, 0.717) is 5.76 Å². The smallest absolute Gasteiger partial charge is 0.329 e. The summed E-state index contributed by atoms with van der Waals surface area (Å²) in [4.78, 5) is 49.4. The standard InChI is InChI=1S/C18H16N2O6/c1-11(20-16(22)13-6-2-3-7-14(13)17(20)23)18(24)26-10-15(21)19-9-12-5-4-8-25-12/h2-8,11H,9-10H2,1H3,(H,19,21)/t11-/m0/s1. The Morgan fingerprint density at radius 3 is 2.35 bits per heavy atom. The number of hydrogen-bond acceptors (Lipinski definition) is 6. The normalized spacial score (nSPS) is 14.1. The molecule has 0 unspecified atom stereocenters. The van der Waals surface area contributed by atoms with Gasteiger partial charge in [-0.2, -0.15) is 0 Å². The van der Waals surface area contributed by atoms with Crippen molar-refractivity contribution in [3.05, 3.63) is 59.5 Å². The third-order valence-electron chi connectivity index (χ3n) is 3.94. The molecule has 3 amide bonds. The summed E-state index contributed by atoms with van der Waals surface area (Å²) in [6.45, 7) is 1.02. The van der Waals surface area contributed by atoms with Crippen LogP contribution in [0.4, 0.5) is 0 Å². The fourth-order valence-electron chi connectivity index (χ4n) is 2.57. The molecule has 0 saturated heterocycles. The van der Waals surface area contributed by atoms with E-state index in [-0.39, 0.29) is 17.7 Å². The summed E-state index contributed by atoms with van der Waals surface area (Å²) in [5.74, 6) is -1.92. The number of esters is 1. The van der Waals surface area contributed by atoms with Gasteiger partial charge in [0.2, 0.25) is 0 Å². The zero-order chi connectivity index (χ0) is 18.7. The minimum atomic E-state index is -1.14. The predicted octanol–water partition coefficient (Wildman–Crippen LogP) is 1.12. The van der Waals surface area contributed by atoms with E-state index >= 15 is 0 Å². The van der Waals surface area contributed by atoms with Crippen molar-refractivity contribution in [1.82, 2.24) is 10.2 Å². The molecule has 134 valence electrons. The largest absolute Gasteiger partial charge is 0.467 e. The summed E-state index contributed by atoms with van der Waals surface area (Å²) in [6, 6.07) is 8.56. The van der Waals surface area contributed by atoms with Gasteiger partial charge < -0.3 is 14.5 Å². The number of nitrogens with one attached hydrogen (secondary N) is 1. The van der Waals surface area contributed by atoms with Crippen molar-refractivity contribution in [2.24, 2.45) is 0 Å². The molecule has 8 heteroatoms. The molecule has 2 aromatic rings. The van der Waals surface area contributed by atoms with E-state index < -0.39 is 36.3 Å². The Morgan fingerprint density at radius 2 is 1.77 bits per heavy atom. The van der Waals surface area contributed by atoms with Crippen LogP contribution in [0, 0.1) is 0 Å². The molecule has 0 saturated carbocycles. The summed E-state index contributed by atoms with van der Waals surface area (Å²) >= 11 is 0. The van der Waals surface area contributed by atoms with Crippen LogP contribution in [0.1, 0.15) is 33.4 Å². The molecule has 0 spiro atoms. The number of nitrogens with zero attached hydrogens (tertiary/aromatic N) is 1. The van der Waals surface area contributed by atoms with Gasteiger partial charge in [0.1, 0.15) is 11.8 Å². The molecule has 1 N–H and O–H groups in total. The highest BCUT2D eigenvalue weighted by atomic mass is 16.5. The Labute approximate surface area is 148 Å². The maximum atomic E-state index is 12.3. The van der Waals surface area contributed by atoms with Crippen molar-refractivity contribution in [3.8, 4) is 0 Å². The van der Waals surface area contributed by atoms with Gasteiger partial charge in [0.15, 0.2) is 6.61 Å². The summed E-state index contributed by atoms with van der Waals surface area (Å²) in [6.07, 6.45) is 1.48. The number of carbonyl (C=O) groups excluding carboxylic acids is 4. The average Bonchev–Trinajstić information content (AvgIpc) is 3.25. The van der Waals surface area contributed by atoms with Gasteiger partial charge in [-0.15, -0.1) is 0 Å². The van der Waals surface area contributed by atoms with Crippen LogP contribution in [-0.4, -0.2) is 41.2 Å². The first-order chi connectivity index (χ1) is 12.5. The van der Waals surface area contributed by atoms with Crippen LogP contribution in [0.15, 0.2) is 47.1 Å². The van der Waals surface area contributed by atoms with Crippen molar-refractivity contribution >= 4 is 23.7 Å². The van der Waals surface area contributed by atoms with E-state index in [0.717, 1.165) is 4.90 Å². The quantitative estimate of drug-likeness (QED) is 0.614. The molecule has 2 heterocycles. The molecule has 0 aliphatic carbocycles. The first-order valence-corrected chi connectivity index (χ1v) is 7.91. The van der Waals surface area contributed by atoms with Gasteiger partial charge >= 0.3 is 5.97 Å². The van der Waals surface area contributed by atoms with Crippen molar-refractivity contribution in [2.45, 2.75) is 19.5 Å². The number of furan rings is 1. The number of ether oxygens (including phenoxy) is 1. The lowest BCUT2D eigenvalue weighted by Crippen LogP contribution is -2.44. The van der Waals surface area contributed by atoms with Gasteiger partial charge in [-0.1, -0.05) is 12.1 Å². The molecule has 1 aromatic carbocycles. The van der Waals surface area contributed by atoms with Gasteiger partial charge in [-0.05, 0) is 31.2 Å². The zero-order valence-electron chi connectivity index (χ0n) is 13.9. The molecule has 0 radical (unpaired) electrons. The van der Waals surface area contributed by atoms with Crippen LogP contribution >= 0.6 is 0 Å². The van der Waals surface area contributed by atoms with E-state index in [2.05, 4.69) is 5.32 Å². The van der Waals surface area contributed by atoms with Crippen LogP contribution in [0.3, 0.4) is 0 Å². The minimum Gasteiger partial charge on any atom is -0.467 e. The first kappa shape index (κ1) is 17.4. The van der Waals surface area contributed by atoms with E-state index in [1.54, 1.807) is 24.3 Å². The van der Waals surface area contributed by atoms with Gasteiger partial charge in [0.25, 0.3) is 17.7 Å². The lowest BCUT2D eigenvalue weighted by molar-refractivity contribution is -0.151. The second-order valence-electron chi connectivity index (χ2n) is 5.67. The number of fused-ring (bicyclic) bond motifs is 1. The number of carbonyl (C=O) groups is 4. The number of benzene rings is 1. The van der Waals surface area contributed by atoms with Crippen LogP contribution in [0.5, 0.6) is 0 Å². The number of rotatable bonds is 6. The maximum Gasteiger partial charge on any atom is 0.329 e. The van der Waals surface area contributed by atoms with Crippen molar-refractivity contribution in [2.75, 3.05) is 6.61 Å². The van der Waals surface area contributed by atoms with E-state index in [1.807, 2.05) is 0 Å². The Kier molecular flexibility index (Phi) is 4.83. The molecule has 26 heavy (non-hydrogen) atoms. The molecule has 1 aromatic heterocycles.